The second-order valence-corrected chi connectivity index (χ2v) is 7.10. The number of halogens is 7. The first-order chi connectivity index (χ1) is 14.3. The molecule has 1 aliphatic heterocycles. The molecule has 1 saturated heterocycles. The van der Waals surface area contributed by atoms with Crippen molar-refractivity contribution in [2.75, 3.05) is 18.9 Å². The monoisotopic (exact) mass is 448 g/mol. The van der Waals surface area contributed by atoms with E-state index < -0.39 is 52.9 Å². The van der Waals surface area contributed by atoms with Gasteiger partial charge in [-0.25, -0.2) is 4.39 Å². The fraction of sp³-hybridized carbons (Fsp3) is 0.300. The zero-order valence-electron chi connectivity index (χ0n) is 15.8. The van der Waals surface area contributed by atoms with Crippen LogP contribution in [0.2, 0.25) is 0 Å². The molecule has 166 valence electrons. The van der Waals surface area contributed by atoms with E-state index in [-0.39, 0.29) is 12.2 Å². The van der Waals surface area contributed by atoms with Gasteiger partial charge in [0.2, 0.25) is 11.8 Å². The van der Waals surface area contributed by atoms with Gasteiger partial charge in [0, 0.05) is 25.2 Å². The quantitative estimate of drug-likeness (QED) is 0.548. The van der Waals surface area contributed by atoms with Crippen LogP contribution < -0.4 is 5.32 Å². The van der Waals surface area contributed by atoms with Crippen molar-refractivity contribution >= 4 is 17.5 Å². The predicted molar refractivity (Wildman–Crippen MR) is 95.3 cm³/mol. The van der Waals surface area contributed by atoms with Crippen LogP contribution in [0.25, 0.3) is 0 Å². The van der Waals surface area contributed by atoms with Gasteiger partial charge in [0.1, 0.15) is 11.7 Å². The zero-order chi connectivity index (χ0) is 23.1. The van der Waals surface area contributed by atoms with E-state index in [0.29, 0.717) is 17.7 Å². The predicted octanol–water partition coefficient (Wildman–Crippen LogP) is 4.67. The Morgan fingerprint density at radius 1 is 1.00 bits per heavy atom. The fourth-order valence-corrected chi connectivity index (χ4v) is 3.45. The highest BCUT2D eigenvalue weighted by atomic mass is 19.4. The lowest BCUT2D eigenvalue weighted by atomic mass is 9.87. The molecule has 31 heavy (non-hydrogen) atoms. The number of benzene rings is 2. The third kappa shape index (κ3) is 4.64. The van der Waals surface area contributed by atoms with Gasteiger partial charge in [-0.05, 0) is 35.9 Å². The van der Waals surface area contributed by atoms with E-state index in [2.05, 4.69) is 5.32 Å². The van der Waals surface area contributed by atoms with Gasteiger partial charge < -0.3 is 10.2 Å². The van der Waals surface area contributed by atoms with Crippen molar-refractivity contribution in [2.24, 2.45) is 5.92 Å². The normalized spacial score (nSPS) is 19.6. The van der Waals surface area contributed by atoms with Gasteiger partial charge in [-0.2, -0.15) is 26.3 Å². The van der Waals surface area contributed by atoms with Crippen molar-refractivity contribution in [2.45, 2.75) is 18.3 Å². The summed E-state index contributed by atoms with van der Waals surface area (Å²) in [6.07, 6.45) is -9.55. The molecular weight excluding hydrogens is 433 g/mol. The molecule has 0 saturated carbocycles. The van der Waals surface area contributed by atoms with Gasteiger partial charge in [0.05, 0.1) is 11.1 Å². The Labute approximate surface area is 171 Å². The Morgan fingerprint density at radius 2 is 1.61 bits per heavy atom. The Hall–Kier alpha value is -3.11. The molecule has 1 aliphatic rings. The molecule has 0 spiro atoms. The van der Waals surface area contributed by atoms with Crippen LogP contribution in [-0.2, 0) is 21.9 Å². The minimum atomic E-state index is -4.99. The molecule has 11 heteroatoms. The van der Waals surface area contributed by atoms with Gasteiger partial charge in [-0.15, -0.1) is 0 Å². The SMILES string of the molecule is CN1C[C@H](c2ccc(C(F)(F)F)cc2)[C@@H](C(=O)Nc2ccc(F)c(C(F)(F)F)c2)C1=O. The summed E-state index contributed by atoms with van der Waals surface area (Å²) < 4.78 is 90.4. The third-order valence-corrected chi connectivity index (χ3v) is 5.00. The number of hydrogen-bond acceptors (Lipinski definition) is 2. The van der Waals surface area contributed by atoms with Gasteiger partial charge in [0.25, 0.3) is 0 Å². The van der Waals surface area contributed by atoms with Crippen molar-refractivity contribution < 1.29 is 40.3 Å². The summed E-state index contributed by atoms with van der Waals surface area (Å²) in [6.45, 7) is 0.0273. The molecule has 2 atom stereocenters. The van der Waals surface area contributed by atoms with Crippen molar-refractivity contribution in [3.8, 4) is 0 Å². The number of carbonyl (C=O) groups is 2. The maximum absolute atomic E-state index is 13.4. The zero-order valence-corrected chi connectivity index (χ0v) is 15.8. The molecule has 0 aromatic heterocycles. The summed E-state index contributed by atoms with van der Waals surface area (Å²) in [5.41, 5.74) is -2.56. The second kappa shape index (κ2) is 7.86. The molecule has 1 N–H and O–H groups in total. The van der Waals surface area contributed by atoms with Gasteiger partial charge in [-0.3, -0.25) is 9.59 Å². The van der Waals surface area contributed by atoms with Crippen LogP contribution in [0.1, 0.15) is 22.6 Å². The highest BCUT2D eigenvalue weighted by molar-refractivity contribution is 6.08. The number of anilines is 1. The number of hydrogen-bond donors (Lipinski definition) is 1. The number of alkyl halides is 6. The first kappa shape index (κ1) is 22.6. The lowest BCUT2D eigenvalue weighted by Gasteiger charge is -2.18. The van der Waals surface area contributed by atoms with E-state index in [9.17, 15) is 40.3 Å². The third-order valence-electron chi connectivity index (χ3n) is 5.00. The number of likely N-dealkylation sites (tertiary alicyclic amines) is 1. The van der Waals surface area contributed by atoms with Crippen LogP contribution >= 0.6 is 0 Å². The Morgan fingerprint density at radius 3 is 2.16 bits per heavy atom. The smallest absolute Gasteiger partial charge is 0.344 e. The van der Waals surface area contributed by atoms with E-state index in [1.807, 2.05) is 0 Å². The topological polar surface area (TPSA) is 49.4 Å². The average Bonchev–Trinajstić information content (AvgIpc) is 2.96. The largest absolute Gasteiger partial charge is 0.419 e. The summed E-state index contributed by atoms with van der Waals surface area (Å²) in [5, 5.41) is 2.18. The molecule has 2 aromatic carbocycles. The molecule has 1 fully saturated rings. The molecule has 2 amide bonds. The van der Waals surface area contributed by atoms with Crippen LogP contribution in [0.5, 0.6) is 0 Å². The van der Waals surface area contributed by atoms with Crippen molar-refractivity contribution in [1.29, 1.82) is 0 Å². The van der Waals surface area contributed by atoms with Crippen molar-refractivity contribution in [3.63, 3.8) is 0 Å². The molecule has 1 heterocycles. The number of nitrogens with one attached hydrogen (secondary N) is 1. The molecule has 4 nitrogen and oxygen atoms in total. The lowest BCUT2D eigenvalue weighted by molar-refractivity contribution is -0.140. The first-order valence-corrected chi connectivity index (χ1v) is 8.89. The lowest BCUT2D eigenvalue weighted by Crippen LogP contribution is -2.32. The Bertz CT molecular complexity index is 1000. The molecule has 2 aromatic rings. The summed E-state index contributed by atoms with van der Waals surface area (Å²) in [5.74, 6) is -5.30. The maximum atomic E-state index is 13.4. The van der Waals surface area contributed by atoms with E-state index in [4.69, 9.17) is 0 Å². The number of nitrogens with zero attached hydrogens (tertiary/aromatic N) is 1. The fourth-order valence-electron chi connectivity index (χ4n) is 3.45. The minimum Gasteiger partial charge on any atom is -0.344 e. The van der Waals surface area contributed by atoms with Crippen LogP contribution in [-0.4, -0.2) is 30.3 Å². The Balaban J connectivity index is 1.87. The number of amides is 2. The molecule has 0 aliphatic carbocycles. The Kier molecular flexibility index (Phi) is 5.72. The summed E-state index contributed by atoms with van der Waals surface area (Å²) in [4.78, 5) is 26.4. The van der Waals surface area contributed by atoms with Crippen molar-refractivity contribution in [3.05, 3.63) is 65.0 Å². The molecule has 3 rings (SSSR count). The first-order valence-electron chi connectivity index (χ1n) is 8.89. The van der Waals surface area contributed by atoms with Gasteiger partial charge in [0.15, 0.2) is 0 Å². The summed E-state index contributed by atoms with van der Waals surface area (Å²) >= 11 is 0. The standard InChI is InChI=1S/C20H15F7N2O2/c1-29-9-13(10-2-4-11(5-3-10)19(22,23)24)16(18(29)31)17(30)28-12-6-7-15(21)14(8-12)20(25,26)27/h2-8,13,16H,9H2,1H3,(H,28,30)/t13-,16+/m1/s1. The molecule has 0 unspecified atom stereocenters. The van der Waals surface area contributed by atoms with Crippen LogP contribution in [0.4, 0.5) is 36.4 Å². The summed E-state index contributed by atoms with van der Waals surface area (Å²) in [7, 11) is 1.40. The highest BCUT2D eigenvalue weighted by Gasteiger charge is 2.44. The summed E-state index contributed by atoms with van der Waals surface area (Å²) in [6, 6.07) is 5.81. The van der Waals surface area contributed by atoms with Crippen LogP contribution in [0, 0.1) is 11.7 Å². The maximum Gasteiger partial charge on any atom is 0.419 e. The van der Waals surface area contributed by atoms with Crippen LogP contribution in [0.15, 0.2) is 42.5 Å². The van der Waals surface area contributed by atoms with E-state index in [0.717, 1.165) is 30.3 Å². The molecule has 0 bridgehead atoms. The highest BCUT2D eigenvalue weighted by Crippen LogP contribution is 2.37. The van der Waals surface area contributed by atoms with Gasteiger partial charge in [-0.1, -0.05) is 12.1 Å². The van der Waals surface area contributed by atoms with Crippen molar-refractivity contribution in [1.82, 2.24) is 4.90 Å². The number of rotatable bonds is 3. The van der Waals surface area contributed by atoms with E-state index >= 15 is 0 Å². The molecular formula is C20H15F7N2O2. The number of likely N-dealkylation sites (N-methyl/N-ethyl adjacent to an activating group) is 1. The second-order valence-electron chi connectivity index (χ2n) is 7.10. The average molecular weight is 448 g/mol. The number of carbonyl (C=O) groups excluding carboxylic acids is 2. The minimum absolute atomic E-state index is 0.0273. The van der Waals surface area contributed by atoms with E-state index in [1.54, 1.807) is 0 Å². The van der Waals surface area contributed by atoms with Crippen LogP contribution in [0.3, 0.4) is 0 Å². The van der Waals surface area contributed by atoms with Gasteiger partial charge >= 0.3 is 12.4 Å². The van der Waals surface area contributed by atoms with E-state index in [1.165, 1.54) is 11.9 Å². The molecule has 0 radical (unpaired) electrons.